The Hall–Kier alpha value is -0.200. The highest BCUT2D eigenvalue weighted by atomic mass is 35.5. The summed E-state index contributed by atoms with van der Waals surface area (Å²) in [4.78, 5) is 0. The maximum atomic E-state index is 6.12. The van der Waals surface area contributed by atoms with Crippen molar-refractivity contribution in [2.75, 3.05) is 0 Å². The first-order valence-corrected chi connectivity index (χ1v) is 5.42. The fraction of sp³-hybridized carbons (Fsp3) is 0.455. The van der Waals surface area contributed by atoms with Crippen molar-refractivity contribution in [3.8, 4) is 0 Å². The number of benzene rings is 1. The largest absolute Gasteiger partial charge is 0.123 e. The van der Waals surface area contributed by atoms with Crippen LogP contribution in [-0.4, -0.2) is 5.38 Å². The lowest BCUT2D eigenvalue weighted by Gasteiger charge is -2.07. The Labute approximate surface area is 89.9 Å². The van der Waals surface area contributed by atoms with Crippen LogP contribution in [-0.2, 0) is 6.42 Å². The predicted octanol–water partition coefficient (Wildman–Crippen LogP) is 4.29. The van der Waals surface area contributed by atoms with Gasteiger partial charge in [-0.1, -0.05) is 37.1 Å². The molecular formula is C11H14Cl2. The van der Waals surface area contributed by atoms with E-state index in [1.807, 2.05) is 18.2 Å². The topological polar surface area (TPSA) is 0 Å². The van der Waals surface area contributed by atoms with Gasteiger partial charge >= 0.3 is 0 Å². The van der Waals surface area contributed by atoms with Crippen LogP contribution in [0.1, 0.15) is 25.3 Å². The minimum absolute atomic E-state index is 0.239. The molecule has 0 bridgehead atoms. The molecule has 1 aromatic rings. The van der Waals surface area contributed by atoms with Gasteiger partial charge in [-0.2, -0.15) is 0 Å². The first-order chi connectivity index (χ1) is 6.22. The Bertz CT molecular complexity index is 258. The van der Waals surface area contributed by atoms with Crippen molar-refractivity contribution in [3.63, 3.8) is 0 Å². The lowest BCUT2D eigenvalue weighted by atomic mass is 10.1. The SMILES string of the molecule is CCCC(Cl)Cc1cccc(Cl)c1. The molecule has 0 amide bonds. The van der Waals surface area contributed by atoms with Crippen LogP contribution >= 0.6 is 23.2 Å². The zero-order valence-corrected chi connectivity index (χ0v) is 9.28. The van der Waals surface area contributed by atoms with Crippen LogP contribution in [0.5, 0.6) is 0 Å². The molecule has 0 saturated heterocycles. The van der Waals surface area contributed by atoms with Crippen LogP contribution < -0.4 is 0 Å². The molecule has 1 aromatic carbocycles. The molecule has 0 aliphatic rings. The quantitative estimate of drug-likeness (QED) is 0.660. The van der Waals surface area contributed by atoms with E-state index in [1.165, 1.54) is 5.56 Å². The second kappa shape index (κ2) is 5.51. The Kier molecular flexibility index (Phi) is 4.61. The Morgan fingerprint density at radius 1 is 1.38 bits per heavy atom. The summed E-state index contributed by atoms with van der Waals surface area (Å²) in [7, 11) is 0. The summed E-state index contributed by atoms with van der Waals surface area (Å²) in [6.07, 6.45) is 3.11. The molecule has 0 heterocycles. The number of halogens is 2. The van der Waals surface area contributed by atoms with Gasteiger partial charge in [0.1, 0.15) is 0 Å². The highest BCUT2D eigenvalue weighted by Crippen LogP contribution is 2.16. The monoisotopic (exact) mass is 216 g/mol. The Balaban J connectivity index is 2.53. The van der Waals surface area contributed by atoms with Gasteiger partial charge in [0.15, 0.2) is 0 Å². The second-order valence-corrected chi connectivity index (χ2v) is 4.27. The van der Waals surface area contributed by atoms with Crippen LogP contribution in [0.3, 0.4) is 0 Å². The number of hydrogen-bond donors (Lipinski definition) is 0. The Morgan fingerprint density at radius 2 is 2.15 bits per heavy atom. The standard InChI is InChI=1S/C11H14Cl2/c1-2-4-10(12)7-9-5-3-6-11(13)8-9/h3,5-6,8,10H,2,4,7H2,1H3. The van der Waals surface area contributed by atoms with Crippen molar-refractivity contribution in [2.24, 2.45) is 0 Å². The summed E-state index contributed by atoms with van der Waals surface area (Å²) < 4.78 is 0. The van der Waals surface area contributed by atoms with Gasteiger partial charge in [-0.25, -0.2) is 0 Å². The molecule has 0 fully saturated rings. The molecule has 0 saturated carbocycles. The van der Waals surface area contributed by atoms with Crippen molar-refractivity contribution in [1.29, 1.82) is 0 Å². The van der Waals surface area contributed by atoms with Gasteiger partial charge in [-0.05, 0) is 30.5 Å². The summed E-state index contributed by atoms with van der Waals surface area (Å²) in [5.74, 6) is 0. The smallest absolute Gasteiger partial charge is 0.0408 e. The van der Waals surface area contributed by atoms with E-state index in [0.717, 1.165) is 24.3 Å². The molecule has 1 rings (SSSR count). The molecule has 72 valence electrons. The Morgan fingerprint density at radius 3 is 2.77 bits per heavy atom. The van der Waals surface area contributed by atoms with Crippen LogP contribution in [0.2, 0.25) is 5.02 Å². The summed E-state index contributed by atoms with van der Waals surface area (Å²) in [6, 6.07) is 7.89. The third kappa shape index (κ3) is 4.02. The first kappa shape index (κ1) is 10.9. The number of rotatable bonds is 4. The van der Waals surface area contributed by atoms with Gasteiger partial charge in [-0.15, -0.1) is 11.6 Å². The molecule has 0 aliphatic carbocycles. The third-order valence-corrected chi connectivity index (χ3v) is 2.56. The zero-order valence-electron chi connectivity index (χ0n) is 7.76. The number of hydrogen-bond acceptors (Lipinski definition) is 0. The zero-order chi connectivity index (χ0) is 9.68. The average molecular weight is 217 g/mol. The molecule has 0 N–H and O–H groups in total. The number of alkyl halides is 1. The van der Waals surface area contributed by atoms with Gasteiger partial charge in [0.05, 0.1) is 0 Å². The molecule has 0 nitrogen and oxygen atoms in total. The van der Waals surface area contributed by atoms with E-state index < -0.39 is 0 Å². The van der Waals surface area contributed by atoms with Crippen molar-refractivity contribution in [2.45, 2.75) is 31.6 Å². The van der Waals surface area contributed by atoms with Crippen LogP contribution in [0.15, 0.2) is 24.3 Å². The van der Waals surface area contributed by atoms with E-state index in [2.05, 4.69) is 13.0 Å². The van der Waals surface area contributed by atoms with E-state index in [0.29, 0.717) is 0 Å². The fourth-order valence-electron chi connectivity index (χ4n) is 1.33. The summed E-state index contributed by atoms with van der Waals surface area (Å²) >= 11 is 12.0. The first-order valence-electron chi connectivity index (χ1n) is 4.61. The van der Waals surface area contributed by atoms with Crippen molar-refractivity contribution < 1.29 is 0 Å². The van der Waals surface area contributed by atoms with Gasteiger partial charge in [0, 0.05) is 10.4 Å². The maximum absolute atomic E-state index is 6.12. The minimum atomic E-state index is 0.239. The minimum Gasteiger partial charge on any atom is -0.123 e. The molecule has 0 aromatic heterocycles. The van der Waals surface area contributed by atoms with E-state index in [4.69, 9.17) is 23.2 Å². The summed E-state index contributed by atoms with van der Waals surface area (Å²) in [5.41, 5.74) is 1.22. The summed E-state index contributed by atoms with van der Waals surface area (Å²) in [6.45, 7) is 2.15. The normalized spacial score (nSPS) is 12.8. The molecule has 1 unspecified atom stereocenters. The molecule has 13 heavy (non-hydrogen) atoms. The second-order valence-electron chi connectivity index (χ2n) is 3.22. The molecule has 2 heteroatoms. The molecule has 0 radical (unpaired) electrons. The van der Waals surface area contributed by atoms with Crippen molar-refractivity contribution in [3.05, 3.63) is 34.9 Å². The van der Waals surface area contributed by atoms with E-state index in [1.54, 1.807) is 0 Å². The lowest BCUT2D eigenvalue weighted by molar-refractivity contribution is 0.726. The molecule has 1 atom stereocenters. The van der Waals surface area contributed by atoms with Gasteiger partial charge in [-0.3, -0.25) is 0 Å². The van der Waals surface area contributed by atoms with Crippen LogP contribution in [0, 0.1) is 0 Å². The maximum Gasteiger partial charge on any atom is 0.0408 e. The molecule has 0 spiro atoms. The van der Waals surface area contributed by atoms with Crippen molar-refractivity contribution >= 4 is 23.2 Å². The van der Waals surface area contributed by atoms with Gasteiger partial charge in [0.2, 0.25) is 0 Å². The van der Waals surface area contributed by atoms with Gasteiger partial charge < -0.3 is 0 Å². The average Bonchev–Trinajstić information content (AvgIpc) is 2.04. The van der Waals surface area contributed by atoms with Gasteiger partial charge in [0.25, 0.3) is 0 Å². The van der Waals surface area contributed by atoms with E-state index >= 15 is 0 Å². The van der Waals surface area contributed by atoms with Crippen LogP contribution in [0.25, 0.3) is 0 Å². The highest BCUT2D eigenvalue weighted by molar-refractivity contribution is 6.30. The predicted molar refractivity (Wildman–Crippen MR) is 59.7 cm³/mol. The highest BCUT2D eigenvalue weighted by Gasteiger charge is 2.04. The third-order valence-electron chi connectivity index (χ3n) is 1.95. The lowest BCUT2D eigenvalue weighted by Crippen LogP contribution is -2.02. The molecular weight excluding hydrogens is 203 g/mol. The molecule has 0 aliphatic heterocycles. The van der Waals surface area contributed by atoms with Crippen molar-refractivity contribution in [1.82, 2.24) is 0 Å². The fourth-order valence-corrected chi connectivity index (χ4v) is 1.94. The summed E-state index contributed by atoms with van der Waals surface area (Å²) in [5, 5.41) is 1.03. The van der Waals surface area contributed by atoms with E-state index in [9.17, 15) is 0 Å². The van der Waals surface area contributed by atoms with Crippen LogP contribution in [0.4, 0.5) is 0 Å². The van der Waals surface area contributed by atoms with E-state index in [-0.39, 0.29) is 5.38 Å².